The lowest BCUT2D eigenvalue weighted by Crippen LogP contribution is -2.20. The summed E-state index contributed by atoms with van der Waals surface area (Å²) in [5, 5.41) is 0. The largest absolute Gasteiger partial charge is 0.496 e. The van der Waals surface area contributed by atoms with Crippen molar-refractivity contribution in [2.75, 3.05) is 7.11 Å². The first-order chi connectivity index (χ1) is 7.08. The van der Waals surface area contributed by atoms with E-state index >= 15 is 0 Å². The molecular formula is C13H19NO. The Kier molecular flexibility index (Phi) is 2.47. The van der Waals surface area contributed by atoms with Gasteiger partial charge in [-0.15, -0.1) is 0 Å². The fourth-order valence-electron chi connectivity index (χ4n) is 2.03. The fraction of sp³-hybridized carbons (Fsp3) is 0.538. The lowest BCUT2D eigenvalue weighted by atomic mass is 9.95. The summed E-state index contributed by atoms with van der Waals surface area (Å²) >= 11 is 0. The van der Waals surface area contributed by atoms with Crippen LogP contribution in [-0.2, 0) is 5.54 Å². The van der Waals surface area contributed by atoms with Crippen LogP contribution in [0.4, 0.5) is 0 Å². The first-order valence-corrected chi connectivity index (χ1v) is 5.55. The smallest absolute Gasteiger partial charge is 0.127 e. The number of methoxy groups -OCH3 is 1. The van der Waals surface area contributed by atoms with Crippen LogP contribution in [0.1, 0.15) is 43.7 Å². The van der Waals surface area contributed by atoms with Gasteiger partial charge in [0.15, 0.2) is 0 Å². The van der Waals surface area contributed by atoms with E-state index in [0.717, 1.165) is 18.6 Å². The first-order valence-electron chi connectivity index (χ1n) is 5.55. The van der Waals surface area contributed by atoms with Crippen LogP contribution in [0.2, 0.25) is 0 Å². The topological polar surface area (TPSA) is 35.2 Å². The summed E-state index contributed by atoms with van der Waals surface area (Å²) in [7, 11) is 1.73. The van der Waals surface area contributed by atoms with E-state index in [4.69, 9.17) is 10.5 Å². The van der Waals surface area contributed by atoms with E-state index in [2.05, 4.69) is 32.0 Å². The van der Waals surface area contributed by atoms with Crippen molar-refractivity contribution < 1.29 is 4.74 Å². The molecule has 0 aliphatic heterocycles. The third-order valence-corrected chi connectivity index (χ3v) is 3.20. The minimum absolute atomic E-state index is 0.115. The Hall–Kier alpha value is -1.02. The highest BCUT2D eigenvalue weighted by Crippen LogP contribution is 2.48. The lowest BCUT2D eigenvalue weighted by Gasteiger charge is -2.19. The van der Waals surface area contributed by atoms with Gasteiger partial charge in [0.2, 0.25) is 0 Å². The zero-order valence-electron chi connectivity index (χ0n) is 9.71. The molecule has 1 saturated carbocycles. The first kappa shape index (κ1) is 10.5. The van der Waals surface area contributed by atoms with E-state index in [1.807, 2.05) is 0 Å². The Labute approximate surface area is 91.4 Å². The predicted octanol–water partition coefficient (Wildman–Crippen LogP) is 2.77. The van der Waals surface area contributed by atoms with E-state index in [-0.39, 0.29) is 5.54 Å². The quantitative estimate of drug-likeness (QED) is 0.823. The lowest BCUT2D eigenvalue weighted by molar-refractivity contribution is 0.397. The number of hydrogen-bond donors (Lipinski definition) is 1. The maximum atomic E-state index is 6.23. The van der Waals surface area contributed by atoms with Crippen LogP contribution < -0.4 is 10.5 Å². The molecule has 0 bridgehead atoms. The monoisotopic (exact) mass is 205 g/mol. The van der Waals surface area contributed by atoms with Gasteiger partial charge in [0, 0.05) is 11.1 Å². The number of benzene rings is 1. The van der Waals surface area contributed by atoms with Crippen LogP contribution in [0.15, 0.2) is 18.2 Å². The number of nitrogens with two attached hydrogens (primary N) is 1. The molecular weight excluding hydrogens is 186 g/mol. The standard InChI is InChI=1S/C13H19NO/c1-9(2)10-5-4-6-11(12(10)15-3)13(14)7-8-13/h4-6,9H,7-8,14H2,1-3H3. The number of rotatable bonds is 3. The van der Waals surface area contributed by atoms with Gasteiger partial charge in [-0.25, -0.2) is 0 Å². The van der Waals surface area contributed by atoms with Gasteiger partial charge in [0.25, 0.3) is 0 Å². The van der Waals surface area contributed by atoms with Gasteiger partial charge in [-0.3, -0.25) is 0 Å². The summed E-state index contributed by atoms with van der Waals surface area (Å²) in [4.78, 5) is 0. The van der Waals surface area contributed by atoms with Crippen molar-refractivity contribution in [1.82, 2.24) is 0 Å². The Morgan fingerprint density at radius 2 is 2.00 bits per heavy atom. The highest BCUT2D eigenvalue weighted by Gasteiger charge is 2.42. The SMILES string of the molecule is COc1c(C(C)C)cccc1C1(N)CC1. The van der Waals surface area contributed by atoms with E-state index < -0.39 is 0 Å². The van der Waals surface area contributed by atoms with Gasteiger partial charge in [0.05, 0.1) is 7.11 Å². The van der Waals surface area contributed by atoms with Gasteiger partial charge < -0.3 is 10.5 Å². The number of ether oxygens (including phenoxy) is 1. The second kappa shape index (κ2) is 3.53. The maximum absolute atomic E-state index is 6.23. The predicted molar refractivity (Wildman–Crippen MR) is 62.2 cm³/mol. The molecule has 82 valence electrons. The molecule has 0 heterocycles. The molecule has 0 aromatic heterocycles. The molecule has 0 radical (unpaired) electrons. The van der Waals surface area contributed by atoms with Crippen LogP contribution in [0, 0.1) is 0 Å². The Morgan fingerprint density at radius 3 is 2.47 bits per heavy atom. The molecule has 0 spiro atoms. The Balaban J connectivity index is 2.50. The van der Waals surface area contributed by atoms with Crippen LogP contribution in [0.5, 0.6) is 5.75 Å². The number of para-hydroxylation sites is 1. The molecule has 1 fully saturated rings. The molecule has 1 aliphatic rings. The molecule has 2 nitrogen and oxygen atoms in total. The fourth-order valence-corrected chi connectivity index (χ4v) is 2.03. The number of hydrogen-bond acceptors (Lipinski definition) is 2. The van der Waals surface area contributed by atoms with Crippen molar-refractivity contribution in [3.8, 4) is 5.75 Å². The molecule has 2 heteroatoms. The summed E-state index contributed by atoms with van der Waals surface area (Å²) in [6.45, 7) is 4.36. The molecule has 15 heavy (non-hydrogen) atoms. The van der Waals surface area contributed by atoms with E-state index in [1.54, 1.807) is 7.11 Å². The molecule has 1 aromatic rings. The zero-order chi connectivity index (χ0) is 11.1. The molecule has 0 atom stereocenters. The average Bonchev–Trinajstić information content (AvgIpc) is 2.96. The second-order valence-electron chi connectivity index (χ2n) is 4.74. The Bertz CT molecular complexity index is 367. The van der Waals surface area contributed by atoms with Gasteiger partial charge in [-0.05, 0) is 24.3 Å². The van der Waals surface area contributed by atoms with Gasteiger partial charge >= 0.3 is 0 Å². The van der Waals surface area contributed by atoms with E-state index in [9.17, 15) is 0 Å². The minimum atomic E-state index is -0.115. The van der Waals surface area contributed by atoms with Crippen molar-refractivity contribution in [1.29, 1.82) is 0 Å². The molecule has 0 amide bonds. The molecule has 1 aromatic carbocycles. The molecule has 0 saturated heterocycles. The highest BCUT2D eigenvalue weighted by molar-refractivity contribution is 5.48. The Morgan fingerprint density at radius 1 is 1.33 bits per heavy atom. The third-order valence-electron chi connectivity index (χ3n) is 3.20. The summed E-state index contributed by atoms with van der Waals surface area (Å²) in [5.74, 6) is 1.47. The van der Waals surface area contributed by atoms with Gasteiger partial charge in [0.1, 0.15) is 5.75 Å². The normalized spacial score (nSPS) is 17.9. The molecule has 2 N–H and O–H groups in total. The third kappa shape index (κ3) is 1.74. The minimum Gasteiger partial charge on any atom is -0.496 e. The average molecular weight is 205 g/mol. The van der Waals surface area contributed by atoms with E-state index in [0.29, 0.717) is 5.92 Å². The van der Waals surface area contributed by atoms with Crippen molar-refractivity contribution in [3.63, 3.8) is 0 Å². The van der Waals surface area contributed by atoms with Crippen molar-refractivity contribution >= 4 is 0 Å². The van der Waals surface area contributed by atoms with E-state index in [1.165, 1.54) is 11.1 Å². The summed E-state index contributed by atoms with van der Waals surface area (Å²) < 4.78 is 5.52. The van der Waals surface area contributed by atoms with Gasteiger partial charge in [-0.2, -0.15) is 0 Å². The maximum Gasteiger partial charge on any atom is 0.127 e. The summed E-state index contributed by atoms with van der Waals surface area (Å²) in [6.07, 6.45) is 2.15. The highest BCUT2D eigenvalue weighted by atomic mass is 16.5. The molecule has 1 aliphatic carbocycles. The second-order valence-corrected chi connectivity index (χ2v) is 4.74. The van der Waals surface area contributed by atoms with Crippen LogP contribution in [0.3, 0.4) is 0 Å². The summed E-state index contributed by atoms with van der Waals surface area (Å²) in [5.41, 5.74) is 8.55. The van der Waals surface area contributed by atoms with Crippen molar-refractivity contribution in [2.45, 2.75) is 38.1 Å². The van der Waals surface area contributed by atoms with Gasteiger partial charge in [-0.1, -0.05) is 32.0 Å². The zero-order valence-corrected chi connectivity index (χ0v) is 9.71. The van der Waals surface area contributed by atoms with Crippen LogP contribution in [-0.4, -0.2) is 7.11 Å². The van der Waals surface area contributed by atoms with Crippen LogP contribution in [0.25, 0.3) is 0 Å². The molecule has 2 rings (SSSR count). The van der Waals surface area contributed by atoms with Crippen molar-refractivity contribution in [3.05, 3.63) is 29.3 Å². The summed E-state index contributed by atoms with van der Waals surface area (Å²) in [6, 6.07) is 6.30. The van der Waals surface area contributed by atoms with Crippen LogP contribution >= 0.6 is 0 Å². The molecule has 0 unspecified atom stereocenters. The van der Waals surface area contributed by atoms with Crippen molar-refractivity contribution in [2.24, 2.45) is 5.73 Å².